The van der Waals surface area contributed by atoms with Gasteiger partial charge in [-0.2, -0.15) is 0 Å². The van der Waals surface area contributed by atoms with Crippen LogP contribution in [-0.2, 0) is 16.8 Å². The highest BCUT2D eigenvalue weighted by Crippen LogP contribution is 2.42. The summed E-state index contributed by atoms with van der Waals surface area (Å²) in [4.78, 5) is 3.44. The van der Waals surface area contributed by atoms with E-state index in [-0.39, 0.29) is 6.61 Å². The van der Waals surface area contributed by atoms with Crippen molar-refractivity contribution in [2.24, 2.45) is 0 Å². The number of halogens is 1. The molecule has 1 aliphatic heterocycles. The van der Waals surface area contributed by atoms with E-state index < -0.39 is 5.60 Å². The van der Waals surface area contributed by atoms with E-state index in [1.165, 1.54) is 10.9 Å². The molecule has 0 spiro atoms. The van der Waals surface area contributed by atoms with Crippen LogP contribution >= 0.6 is 11.6 Å². The Kier molecular flexibility index (Phi) is 3.29. The third-order valence-corrected chi connectivity index (χ3v) is 4.48. The van der Waals surface area contributed by atoms with Gasteiger partial charge in [-0.25, -0.2) is 0 Å². The van der Waals surface area contributed by atoms with E-state index in [2.05, 4.69) is 18.0 Å². The highest BCUT2D eigenvalue weighted by molar-refractivity contribution is 6.35. The fourth-order valence-electron chi connectivity index (χ4n) is 3.14. The summed E-state index contributed by atoms with van der Waals surface area (Å²) in [5.41, 5.74) is 2.97. The number of fused-ring (bicyclic) bond motifs is 3. The molecule has 102 valence electrons. The van der Waals surface area contributed by atoms with Gasteiger partial charge in [0.2, 0.25) is 0 Å². The lowest BCUT2D eigenvalue weighted by Crippen LogP contribution is -2.36. The largest absolute Gasteiger partial charge is 0.396 e. The van der Waals surface area contributed by atoms with Gasteiger partial charge in [0.1, 0.15) is 5.60 Å². The van der Waals surface area contributed by atoms with Gasteiger partial charge in [-0.15, -0.1) is 0 Å². The molecule has 0 saturated carbocycles. The molecule has 0 radical (unpaired) electrons. The van der Waals surface area contributed by atoms with Gasteiger partial charge >= 0.3 is 0 Å². The van der Waals surface area contributed by atoms with Gasteiger partial charge in [0.05, 0.1) is 22.8 Å². The highest BCUT2D eigenvalue weighted by Gasteiger charge is 2.38. The lowest BCUT2D eigenvalue weighted by atomic mass is 9.86. The van der Waals surface area contributed by atoms with Crippen molar-refractivity contribution in [1.82, 2.24) is 4.98 Å². The molecule has 1 aromatic carbocycles. The zero-order chi connectivity index (χ0) is 13.5. The highest BCUT2D eigenvalue weighted by atomic mass is 35.5. The molecule has 2 aromatic rings. The van der Waals surface area contributed by atoms with Gasteiger partial charge in [0.15, 0.2) is 0 Å². The van der Waals surface area contributed by atoms with Crippen LogP contribution in [0.1, 0.15) is 31.0 Å². The number of aromatic nitrogens is 1. The van der Waals surface area contributed by atoms with Crippen molar-refractivity contribution in [3.8, 4) is 0 Å². The van der Waals surface area contributed by atoms with E-state index in [0.29, 0.717) is 13.0 Å². The zero-order valence-corrected chi connectivity index (χ0v) is 11.8. The molecule has 2 N–H and O–H groups in total. The Morgan fingerprint density at radius 3 is 3.05 bits per heavy atom. The van der Waals surface area contributed by atoms with E-state index in [9.17, 15) is 5.11 Å². The molecule has 4 heteroatoms. The average molecular weight is 280 g/mol. The number of ether oxygens (including phenoxy) is 1. The first kappa shape index (κ1) is 13.0. The van der Waals surface area contributed by atoms with Crippen molar-refractivity contribution in [3.63, 3.8) is 0 Å². The van der Waals surface area contributed by atoms with Crippen LogP contribution in [-0.4, -0.2) is 23.3 Å². The Labute approximate surface area is 117 Å². The lowest BCUT2D eigenvalue weighted by Gasteiger charge is -2.36. The predicted octanol–water partition coefficient (Wildman–Crippen LogP) is 3.38. The number of para-hydroxylation sites is 1. The maximum Gasteiger partial charge on any atom is 0.110 e. The summed E-state index contributed by atoms with van der Waals surface area (Å²) in [6.45, 7) is 2.91. The number of aliphatic hydroxyl groups is 1. The second kappa shape index (κ2) is 4.82. The lowest BCUT2D eigenvalue weighted by molar-refractivity contribution is -0.0795. The van der Waals surface area contributed by atoms with E-state index in [0.717, 1.165) is 29.1 Å². The second-order valence-electron chi connectivity index (χ2n) is 5.06. The fraction of sp³-hybridized carbons (Fsp3) is 0.467. The van der Waals surface area contributed by atoms with E-state index >= 15 is 0 Å². The quantitative estimate of drug-likeness (QED) is 0.905. The van der Waals surface area contributed by atoms with Gasteiger partial charge in [-0.05, 0) is 24.5 Å². The second-order valence-corrected chi connectivity index (χ2v) is 5.47. The van der Waals surface area contributed by atoms with E-state index in [1.807, 2.05) is 12.1 Å². The Balaban J connectivity index is 2.25. The standard InChI is InChI=1S/C15H18ClNO2/c1-2-15(7-8-18)14-11(6-9-19-15)10-4-3-5-12(16)13(10)17-14/h3-5,17-18H,2,6-9H2,1H3. The minimum atomic E-state index is -0.398. The summed E-state index contributed by atoms with van der Waals surface area (Å²) >= 11 is 6.27. The molecular weight excluding hydrogens is 262 g/mol. The molecule has 2 heterocycles. The smallest absolute Gasteiger partial charge is 0.110 e. The molecule has 19 heavy (non-hydrogen) atoms. The Hall–Kier alpha value is -1.03. The van der Waals surface area contributed by atoms with E-state index in [1.54, 1.807) is 0 Å². The number of hydrogen-bond donors (Lipinski definition) is 2. The van der Waals surface area contributed by atoms with Crippen LogP contribution in [0.4, 0.5) is 0 Å². The number of aliphatic hydroxyl groups excluding tert-OH is 1. The first-order valence-corrected chi connectivity index (χ1v) is 7.14. The summed E-state index contributed by atoms with van der Waals surface area (Å²) in [6.07, 6.45) is 2.34. The zero-order valence-electron chi connectivity index (χ0n) is 11.0. The number of benzene rings is 1. The number of nitrogens with one attached hydrogen (secondary N) is 1. The summed E-state index contributed by atoms with van der Waals surface area (Å²) in [5.74, 6) is 0. The third kappa shape index (κ3) is 1.88. The van der Waals surface area contributed by atoms with Crippen LogP contribution in [0.2, 0.25) is 5.02 Å². The van der Waals surface area contributed by atoms with Crippen molar-refractivity contribution in [2.45, 2.75) is 31.8 Å². The summed E-state index contributed by atoms with van der Waals surface area (Å²) in [5, 5.41) is 11.3. The van der Waals surface area contributed by atoms with Crippen LogP contribution in [0.3, 0.4) is 0 Å². The SMILES string of the molecule is CCC1(CCO)OCCc2c1[nH]c1c(Cl)cccc21. The molecule has 0 saturated heterocycles. The summed E-state index contributed by atoms with van der Waals surface area (Å²) < 4.78 is 6.02. The number of hydrogen-bond acceptors (Lipinski definition) is 2. The molecule has 0 fully saturated rings. The van der Waals surface area contributed by atoms with Crippen molar-refractivity contribution in [2.75, 3.05) is 13.2 Å². The molecule has 1 aromatic heterocycles. The maximum absolute atomic E-state index is 9.35. The molecule has 0 amide bonds. The normalized spacial score (nSPS) is 22.7. The van der Waals surface area contributed by atoms with Gasteiger partial charge in [-0.3, -0.25) is 0 Å². The van der Waals surface area contributed by atoms with Crippen molar-refractivity contribution >= 4 is 22.5 Å². The van der Waals surface area contributed by atoms with Crippen molar-refractivity contribution < 1.29 is 9.84 Å². The monoisotopic (exact) mass is 279 g/mol. The van der Waals surface area contributed by atoms with Crippen molar-refractivity contribution in [1.29, 1.82) is 0 Å². The number of aromatic amines is 1. The first-order valence-electron chi connectivity index (χ1n) is 6.76. The first-order chi connectivity index (χ1) is 9.22. The predicted molar refractivity (Wildman–Crippen MR) is 76.6 cm³/mol. The van der Waals surface area contributed by atoms with Gasteiger partial charge in [0, 0.05) is 18.4 Å². The Morgan fingerprint density at radius 1 is 1.47 bits per heavy atom. The minimum Gasteiger partial charge on any atom is -0.396 e. The van der Waals surface area contributed by atoms with Gasteiger partial charge < -0.3 is 14.8 Å². The van der Waals surface area contributed by atoms with Gasteiger partial charge in [-0.1, -0.05) is 30.7 Å². The Bertz CT molecular complexity index is 607. The number of H-pyrrole nitrogens is 1. The fourth-order valence-corrected chi connectivity index (χ4v) is 3.36. The Morgan fingerprint density at radius 2 is 2.32 bits per heavy atom. The molecule has 3 rings (SSSR count). The summed E-state index contributed by atoms with van der Waals surface area (Å²) in [7, 11) is 0. The van der Waals surface area contributed by atoms with Crippen molar-refractivity contribution in [3.05, 3.63) is 34.5 Å². The topological polar surface area (TPSA) is 45.2 Å². The van der Waals surface area contributed by atoms with E-state index in [4.69, 9.17) is 16.3 Å². The van der Waals surface area contributed by atoms with Crippen LogP contribution in [0.15, 0.2) is 18.2 Å². The van der Waals surface area contributed by atoms with Gasteiger partial charge in [0.25, 0.3) is 0 Å². The van der Waals surface area contributed by atoms with Crippen LogP contribution in [0, 0.1) is 0 Å². The third-order valence-electron chi connectivity index (χ3n) is 4.16. The average Bonchev–Trinajstić information content (AvgIpc) is 2.81. The molecule has 1 aliphatic rings. The van der Waals surface area contributed by atoms with Crippen LogP contribution in [0.5, 0.6) is 0 Å². The molecular formula is C15H18ClNO2. The molecule has 3 nitrogen and oxygen atoms in total. The molecule has 0 aliphatic carbocycles. The minimum absolute atomic E-state index is 0.121. The summed E-state index contributed by atoms with van der Waals surface area (Å²) in [6, 6.07) is 5.97. The number of rotatable bonds is 3. The molecule has 0 bridgehead atoms. The molecule has 1 atom stereocenters. The van der Waals surface area contributed by atoms with Crippen LogP contribution < -0.4 is 0 Å². The van der Waals surface area contributed by atoms with Crippen LogP contribution in [0.25, 0.3) is 10.9 Å². The molecule has 1 unspecified atom stereocenters. The maximum atomic E-state index is 9.35.